The van der Waals surface area contributed by atoms with Crippen molar-refractivity contribution in [1.29, 1.82) is 0 Å². The van der Waals surface area contributed by atoms with Gasteiger partial charge in [-0.25, -0.2) is 9.97 Å². The first-order chi connectivity index (χ1) is 7.88. The summed E-state index contributed by atoms with van der Waals surface area (Å²) >= 11 is 0. The van der Waals surface area contributed by atoms with E-state index in [1.165, 1.54) is 0 Å². The van der Waals surface area contributed by atoms with Gasteiger partial charge in [0.15, 0.2) is 0 Å². The van der Waals surface area contributed by atoms with Gasteiger partial charge in [-0.15, -0.1) is 0 Å². The Morgan fingerprint density at radius 3 is 2.69 bits per heavy atom. The van der Waals surface area contributed by atoms with Crippen LogP contribution in [0.25, 0.3) is 0 Å². The first-order valence-electron chi connectivity index (χ1n) is 5.65. The van der Waals surface area contributed by atoms with Crippen LogP contribution >= 0.6 is 0 Å². The van der Waals surface area contributed by atoms with Crippen molar-refractivity contribution in [2.45, 2.75) is 12.8 Å². The van der Waals surface area contributed by atoms with Gasteiger partial charge in [0.1, 0.15) is 0 Å². The van der Waals surface area contributed by atoms with Crippen LogP contribution in [-0.4, -0.2) is 36.3 Å². The molecule has 2 aliphatic rings. The fourth-order valence-electron chi connectivity index (χ4n) is 2.30. The van der Waals surface area contributed by atoms with E-state index < -0.39 is 0 Å². The quantitative estimate of drug-likeness (QED) is 0.696. The summed E-state index contributed by atoms with van der Waals surface area (Å²) in [4.78, 5) is 8.26. The van der Waals surface area contributed by atoms with Gasteiger partial charge < -0.3 is 14.8 Å². The standard InChI is InChI=1S/C11H15N3O2/c1-3-12-7-11(1)2-6-15-9-10(16-8-11)14-5-4-13-9/h4-5,12H,1-3,6-8H2/t11-/m0/s1. The molecule has 0 amide bonds. The van der Waals surface area contributed by atoms with Gasteiger partial charge in [0, 0.05) is 24.4 Å². The first-order valence-corrected chi connectivity index (χ1v) is 5.65. The monoisotopic (exact) mass is 221 g/mol. The molecule has 1 N–H and O–H groups in total. The fourth-order valence-corrected chi connectivity index (χ4v) is 2.30. The van der Waals surface area contributed by atoms with Gasteiger partial charge in [0.2, 0.25) is 0 Å². The number of aromatic nitrogens is 2. The van der Waals surface area contributed by atoms with Gasteiger partial charge in [-0.3, -0.25) is 0 Å². The zero-order chi connectivity index (χ0) is 10.8. The summed E-state index contributed by atoms with van der Waals surface area (Å²) in [6.07, 6.45) is 5.40. The minimum atomic E-state index is 0.217. The van der Waals surface area contributed by atoms with Crippen molar-refractivity contribution in [2.75, 3.05) is 26.3 Å². The third-order valence-electron chi connectivity index (χ3n) is 3.35. The molecule has 1 aromatic heterocycles. The summed E-state index contributed by atoms with van der Waals surface area (Å²) in [5, 5.41) is 3.38. The van der Waals surface area contributed by atoms with E-state index in [9.17, 15) is 0 Å². The van der Waals surface area contributed by atoms with Crippen LogP contribution in [0.2, 0.25) is 0 Å². The largest absolute Gasteiger partial charge is 0.474 e. The van der Waals surface area contributed by atoms with Crippen LogP contribution in [0.5, 0.6) is 11.8 Å². The highest BCUT2D eigenvalue weighted by Gasteiger charge is 2.36. The molecule has 1 fully saturated rings. The van der Waals surface area contributed by atoms with E-state index in [2.05, 4.69) is 15.3 Å². The number of hydrogen-bond acceptors (Lipinski definition) is 5. The van der Waals surface area contributed by atoms with Crippen LogP contribution in [0.15, 0.2) is 12.4 Å². The zero-order valence-electron chi connectivity index (χ0n) is 9.11. The van der Waals surface area contributed by atoms with Crippen LogP contribution in [0.3, 0.4) is 0 Å². The van der Waals surface area contributed by atoms with Crippen molar-refractivity contribution in [3.8, 4) is 11.8 Å². The molecule has 1 aromatic rings. The zero-order valence-corrected chi connectivity index (χ0v) is 9.11. The molecule has 3 rings (SSSR count). The average molecular weight is 221 g/mol. The lowest BCUT2D eigenvalue weighted by Crippen LogP contribution is -2.34. The molecule has 86 valence electrons. The van der Waals surface area contributed by atoms with Crippen LogP contribution < -0.4 is 14.8 Å². The second kappa shape index (κ2) is 3.90. The van der Waals surface area contributed by atoms with E-state index >= 15 is 0 Å². The van der Waals surface area contributed by atoms with Gasteiger partial charge in [-0.05, 0) is 19.4 Å². The summed E-state index contributed by atoms with van der Waals surface area (Å²) in [5.41, 5.74) is 0.217. The van der Waals surface area contributed by atoms with Gasteiger partial charge in [-0.1, -0.05) is 0 Å². The predicted molar refractivity (Wildman–Crippen MR) is 57.6 cm³/mol. The Bertz CT molecular complexity index is 377. The minimum Gasteiger partial charge on any atom is -0.474 e. The van der Waals surface area contributed by atoms with E-state index in [1.807, 2.05) is 0 Å². The molecule has 0 radical (unpaired) electrons. The van der Waals surface area contributed by atoms with Crippen molar-refractivity contribution < 1.29 is 9.47 Å². The molecule has 3 heterocycles. The van der Waals surface area contributed by atoms with Crippen LogP contribution in [0, 0.1) is 5.41 Å². The molecule has 0 aliphatic carbocycles. The summed E-state index contributed by atoms with van der Waals surface area (Å²) < 4.78 is 11.3. The molecule has 5 nitrogen and oxygen atoms in total. The van der Waals surface area contributed by atoms with Gasteiger partial charge in [0.25, 0.3) is 11.8 Å². The number of ether oxygens (including phenoxy) is 2. The molecule has 1 spiro atoms. The maximum Gasteiger partial charge on any atom is 0.278 e. The topological polar surface area (TPSA) is 56.3 Å². The Labute approximate surface area is 94.2 Å². The number of fused-ring (bicyclic) bond motifs is 1. The van der Waals surface area contributed by atoms with Crippen molar-refractivity contribution in [3.05, 3.63) is 12.4 Å². The second-order valence-electron chi connectivity index (χ2n) is 4.48. The molecule has 5 heteroatoms. The molecule has 16 heavy (non-hydrogen) atoms. The van der Waals surface area contributed by atoms with E-state index in [0.29, 0.717) is 25.0 Å². The van der Waals surface area contributed by atoms with Crippen LogP contribution in [0.4, 0.5) is 0 Å². The highest BCUT2D eigenvalue weighted by Crippen LogP contribution is 2.34. The fraction of sp³-hybridized carbons (Fsp3) is 0.636. The molecule has 1 saturated heterocycles. The summed E-state index contributed by atoms with van der Waals surface area (Å²) in [6, 6.07) is 0. The van der Waals surface area contributed by atoms with Gasteiger partial charge in [-0.2, -0.15) is 0 Å². The van der Waals surface area contributed by atoms with E-state index in [4.69, 9.17) is 9.47 Å². The van der Waals surface area contributed by atoms with Crippen molar-refractivity contribution in [1.82, 2.24) is 15.3 Å². The maximum absolute atomic E-state index is 5.73. The average Bonchev–Trinajstić information content (AvgIpc) is 2.75. The number of nitrogens with one attached hydrogen (secondary N) is 1. The highest BCUT2D eigenvalue weighted by atomic mass is 16.5. The SMILES string of the molecule is c1cnc2c(n1)OCC[C@]1(CCNC1)CO2. The van der Waals surface area contributed by atoms with Crippen molar-refractivity contribution in [3.63, 3.8) is 0 Å². The van der Waals surface area contributed by atoms with Crippen molar-refractivity contribution >= 4 is 0 Å². The Morgan fingerprint density at radius 1 is 1.12 bits per heavy atom. The van der Waals surface area contributed by atoms with Crippen LogP contribution in [-0.2, 0) is 0 Å². The normalized spacial score (nSPS) is 28.8. The Kier molecular flexibility index (Phi) is 2.40. The van der Waals surface area contributed by atoms with Gasteiger partial charge >= 0.3 is 0 Å². The van der Waals surface area contributed by atoms with Crippen LogP contribution in [0.1, 0.15) is 12.8 Å². The van der Waals surface area contributed by atoms with E-state index in [1.54, 1.807) is 12.4 Å². The smallest absolute Gasteiger partial charge is 0.278 e. The summed E-state index contributed by atoms with van der Waals surface area (Å²) in [7, 11) is 0. The summed E-state index contributed by atoms with van der Waals surface area (Å²) in [5.74, 6) is 1.04. The van der Waals surface area contributed by atoms with E-state index in [0.717, 1.165) is 25.9 Å². The Morgan fingerprint density at radius 2 is 1.94 bits per heavy atom. The molecule has 2 aliphatic heterocycles. The Balaban J connectivity index is 1.82. The molecule has 0 bridgehead atoms. The number of rotatable bonds is 0. The molecule has 1 atom stereocenters. The van der Waals surface area contributed by atoms with Crippen molar-refractivity contribution in [2.24, 2.45) is 5.41 Å². The molecule has 0 saturated carbocycles. The molecule has 0 aromatic carbocycles. The lowest BCUT2D eigenvalue weighted by molar-refractivity contribution is 0.0976. The Hall–Kier alpha value is -1.36. The summed E-state index contributed by atoms with van der Waals surface area (Å²) in [6.45, 7) is 3.47. The maximum atomic E-state index is 5.73. The molecular weight excluding hydrogens is 206 g/mol. The van der Waals surface area contributed by atoms with Gasteiger partial charge in [0.05, 0.1) is 13.2 Å². The third-order valence-corrected chi connectivity index (χ3v) is 3.35. The molecule has 0 unspecified atom stereocenters. The lowest BCUT2D eigenvalue weighted by Gasteiger charge is -2.29. The third kappa shape index (κ3) is 1.71. The molecular formula is C11H15N3O2. The minimum absolute atomic E-state index is 0.217. The first kappa shape index (κ1) is 9.84. The number of nitrogens with zero attached hydrogens (tertiary/aromatic N) is 2. The number of hydrogen-bond donors (Lipinski definition) is 1. The highest BCUT2D eigenvalue weighted by molar-refractivity contribution is 5.24. The lowest BCUT2D eigenvalue weighted by atomic mass is 9.85. The van der Waals surface area contributed by atoms with E-state index in [-0.39, 0.29) is 5.41 Å². The predicted octanol–water partition coefficient (Wildman–Crippen LogP) is 0.618. The second-order valence-corrected chi connectivity index (χ2v) is 4.48.